The average molecular weight is 337 g/mol. The van der Waals surface area contributed by atoms with Gasteiger partial charge in [0.25, 0.3) is 0 Å². The third-order valence-electron chi connectivity index (χ3n) is 4.87. The molecule has 25 heavy (non-hydrogen) atoms. The largest absolute Gasteiger partial charge is 0.378 e. The number of aromatic nitrogens is 3. The molecule has 2 aromatic rings. The van der Waals surface area contributed by atoms with E-state index in [2.05, 4.69) is 29.1 Å². The topological polar surface area (TPSA) is 60.2 Å². The van der Waals surface area contributed by atoms with Crippen LogP contribution >= 0.6 is 0 Å². The predicted octanol–water partition coefficient (Wildman–Crippen LogP) is 2.70. The highest BCUT2D eigenvalue weighted by molar-refractivity contribution is 5.64. The lowest BCUT2D eigenvalue weighted by Crippen LogP contribution is -2.24. The molecule has 0 unspecified atom stereocenters. The lowest BCUT2D eigenvalue weighted by Gasteiger charge is -2.21. The molecule has 2 heterocycles. The van der Waals surface area contributed by atoms with Crippen LogP contribution in [0.4, 0.5) is 0 Å². The van der Waals surface area contributed by atoms with Gasteiger partial charge in [-0.05, 0) is 56.7 Å². The van der Waals surface area contributed by atoms with Crippen LogP contribution in [0.15, 0.2) is 24.4 Å². The number of rotatable bonds is 3. The number of hydrogen-bond acceptors (Lipinski definition) is 4. The molecule has 2 aliphatic rings. The molecule has 5 nitrogen and oxygen atoms in total. The summed E-state index contributed by atoms with van der Waals surface area (Å²) < 4.78 is 7.65. The minimum absolute atomic E-state index is 0.246. The normalized spacial score (nSPS) is 21.4. The molecular formula is C20H23N3O2. The number of nitrogens with zero attached hydrogens (tertiary/aromatic N) is 3. The van der Waals surface area contributed by atoms with Crippen LogP contribution in [0.5, 0.6) is 0 Å². The van der Waals surface area contributed by atoms with Crippen molar-refractivity contribution in [2.75, 3.05) is 6.61 Å². The molecule has 1 saturated carbocycles. The van der Waals surface area contributed by atoms with Gasteiger partial charge in [-0.25, -0.2) is 4.68 Å². The summed E-state index contributed by atoms with van der Waals surface area (Å²) in [6.45, 7) is 3.66. The van der Waals surface area contributed by atoms with Gasteiger partial charge in [0.05, 0.1) is 18.8 Å². The first-order valence-electron chi connectivity index (χ1n) is 9.00. The summed E-state index contributed by atoms with van der Waals surface area (Å²) in [7, 11) is 0. The maximum atomic E-state index is 9.82. The van der Waals surface area contributed by atoms with Crippen molar-refractivity contribution in [1.29, 1.82) is 0 Å². The Morgan fingerprint density at radius 2 is 2.24 bits per heavy atom. The molecule has 5 heteroatoms. The van der Waals surface area contributed by atoms with Crippen LogP contribution in [-0.2, 0) is 11.3 Å². The Kier molecular flexibility index (Phi) is 4.32. The van der Waals surface area contributed by atoms with Crippen LogP contribution in [0.2, 0.25) is 0 Å². The van der Waals surface area contributed by atoms with Gasteiger partial charge in [0.1, 0.15) is 11.3 Å². The van der Waals surface area contributed by atoms with E-state index in [9.17, 15) is 5.11 Å². The minimum Gasteiger partial charge on any atom is -0.378 e. The van der Waals surface area contributed by atoms with Crippen molar-refractivity contribution in [3.63, 3.8) is 0 Å². The van der Waals surface area contributed by atoms with Crippen molar-refractivity contribution >= 4 is 0 Å². The highest BCUT2D eigenvalue weighted by Crippen LogP contribution is 2.34. The smallest absolute Gasteiger partial charge is 0.126 e. The Balaban J connectivity index is 1.48. The van der Waals surface area contributed by atoms with E-state index in [0.29, 0.717) is 0 Å². The monoisotopic (exact) mass is 337 g/mol. The summed E-state index contributed by atoms with van der Waals surface area (Å²) in [6, 6.07) is 6.05. The minimum atomic E-state index is -0.740. The Bertz CT molecular complexity index is 821. The fourth-order valence-electron chi connectivity index (χ4n) is 3.13. The Labute approximate surface area is 148 Å². The van der Waals surface area contributed by atoms with Crippen molar-refractivity contribution in [3.05, 3.63) is 35.5 Å². The van der Waals surface area contributed by atoms with Gasteiger partial charge in [-0.3, -0.25) is 0 Å². The lowest BCUT2D eigenvalue weighted by molar-refractivity contribution is 0.00370. The number of aryl methyl sites for hydroxylation is 1. The summed E-state index contributed by atoms with van der Waals surface area (Å²) >= 11 is 0. The number of aliphatic hydroxyl groups is 1. The molecule has 1 aliphatic carbocycles. The van der Waals surface area contributed by atoms with Crippen molar-refractivity contribution in [2.24, 2.45) is 0 Å². The van der Waals surface area contributed by atoms with E-state index < -0.39 is 5.60 Å². The van der Waals surface area contributed by atoms with Gasteiger partial charge in [-0.15, -0.1) is 5.10 Å². The summed E-state index contributed by atoms with van der Waals surface area (Å²) in [5, 5.41) is 18.4. The highest BCUT2D eigenvalue weighted by Gasteiger charge is 2.38. The van der Waals surface area contributed by atoms with E-state index in [4.69, 9.17) is 4.74 Å². The van der Waals surface area contributed by atoms with E-state index in [0.717, 1.165) is 61.2 Å². The molecule has 1 aromatic carbocycles. The summed E-state index contributed by atoms with van der Waals surface area (Å²) in [4.78, 5) is 0. The first-order chi connectivity index (χ1) is 12.1. The number of ether oxygens (including phenoxy) is 1. The van der Waals surface area contributed by atoms with E-state index in [1.807, 2.05) is 29.1 Å². The predicted molar refractivity (Wildman–Crippen MR) is 94.8 cm³/mol. The lowest BCUT2D eigenvalue weighted by atomic mass is 10.0. The Morgan fingerprint density at radius 1 is 1.36 bits per heavy atom. The second-order valence-corrected chi connectivity index (χ2v) is 7.13. The Hall–Kier alpha value is -2.16. The number of benzene rings is 1. The molecule has 0 bridgehead atoms. The maximum absolute atomic E-state index is 9.82. The molecule has 1 aromatic heterocycles. The summed E-state index contributed by atoms with van der Waals surface area (Å²) in [5.74, 6) is 6.01. The first-order valence-corrected chi connectivity index (χ1v) is 9.00. The highest BCUT2D eigenvalue weighted by atomic mass is 16.5. The fraction of sp³-hybridized carbons (Fsp3) is 0.500. The molecule has 1 N–H and O–H groups in total. The van der Waals surface area contributed by atoms with Crippen LogP contribution in [0.1, 0.15) is 43.2 Å². The second-order valence-electron chi connectivity index (χ2n) is 7.13. The van der Waals surface area contributed by atoms with Crippen LogP contribution in [0, 0.1) is 18.8 Å². The zero-order chi connectivity index (χ0) is 17.3. The third kappa shape index (κ3) is 3.92. The van der Waals surface area contributed by atoms with Gasteiger partial charge >= 0.3 is 0 Å². The van der Waals surface area contributed by atoms with Gasteiger partial charge in [-0.1, -0.05) is 23.1 Å². The van der Waals surface area contributed by atoms with Crippen LogP contribution in [-0.4, -0.2) is 38.4 Å². The molecule has 0 spiro atoms. The van der Waals surface area contributed by atoms with E-state index in [1.165, 1.54) is 6.42 Å². The third-order valence-corrected chi connectivity index (χ3v) is 4.87. The van der Waals surface area contributed by atoms with E-state index in [-0.39, 0.29) is 6.10 Å². The molecule has 0 radical (unpaired) electrons. The van der Waals surface area contributed by atoms with Crippen molar-refractivity contribution in [3.8, 4) is 23.1 Å². The molecule has 1 atom stereocenters. The van der Waals surface area contributed by atoms with Crippen molar-refractivity contribution in [1.82, 2.24) is 15.0 Å². The molecule has 130 valence electrons. The zero-order valence-electron chi connectivity index (χ0n) is 14.5. The van der Waals surface area contributed by atoms with Crippen LogP contribution in [0.25, 0.3) is 11.3 Å². The van der Waals surface area contributed by atoms with Crippen molar-refractivity contribution < 1.29 is 9.84 Å². The SMILES string of the molecule is Cc1cc(C#CC2(O)CC2)ccc1-c1cn(C[C@H]2CCCCO2)nn1. The summed E-state index contributed by atoms with van der Waals surface area (Å²) in [6.07, 6.45) is 7.27. The van der Waals surface area contributed by atoms with Gasteiger partial charge in [0.2, 0.25) is 0 Å². The van der Waals surface area contributed by atoms with Gasteiger partial charge in [0, 0.05) is 17.7 Å². The van der Waals surface area contributed by atoms with Crippen molar-refractivity contribution in [2.45, 2.75) is 57.3 Å². The van der Waals surface area contributed by atoms with Gasteiger partial charge in [0.15, 0.2) is 0 Å². The number of hydrogen-bond donors (Lipinski definition) is 1. The molecule has 0 amide bonds. The van der Waals surface area contributed by atoms with E-state index in [1.54, 1.807) is 0 Å². The second kappa shape index (κ2) is 6.62. The molecule has 1 saturated heterocycles. The molecule has 2 fully saturated rings. The van der Waals surface area contributed by atoms with Gasteiger partial charge in [-0.2, -0.15) is 0 Å². The quantitative estimate of drug-likeness (QED) is 0.875. The first kappa shape index (κ1) is 16.3. The standard InChI is InChI=1S/C20H23N3O2/c1-15-12-16(7-8-20(24)9-10-20)5-6-18(15)19-14-23(22-21-19)13-17-4-2-3-11-25-17/h5-6,12,14,17,24H,2-4,9-11,13H2,1H3/t17-/m1/s1. The van der Waals surface area contributed by atoms with Crippen LogP contribution < -0.4 is 0 Å². The fourth-order valence-corrected chi connectivity index (χ4v) is 3.13. The summed E-state index contributed by atoms with van der Waals surface area (Å²) in [5.41, 5.74) is 3.22. The van der Waals surface area contributed by atoms with Gasteiger partial charge < -0.3 is 9.84 Å². The molecule has 4 rings (SSSR count). The molecular weight excluding hydrogens is 314 g/mol. The van der Waals surface area contributed by atoms with Crippen LogP contribution in [0.3, 0.4) is 0 Å². The zero-order valence-corrected chi connectivity index (χ0v) is 14.5. The Morgan fingerprint density at radius 3 is 2.96 bits per heavy atom. The maximum Gasteiger partial charge on any atom is 0.126 e. The molecule has 1 aliphatic heterocycles. The van der Waals surface area contributed by atoms with E-state index >= 15 is 0 Å². The average Bonchev–Trinajstić information content (AvgIpc) is 3.18.